The van der Waals surface area contributed by atoms with Crippen LogP contribution in [0.3, 0.4) is 0 Å². The van der Waals surface area contributed by atoms with E-state index in [0.717, 1.165) is 6.42 Å². The second-order valence-electron chi connectivity index (χ2n) is 4.06. The summed E-state index contributed by atoms with van der Waals surface area (Å²) in [5.74, 6) is 0.0265. The Morgan fingerprint density at radius 1 is 1.56 bits per heavy atom. The first-order valence-electron chi connectivity index (χ1n) is 5.70. The van der Waals surface area contributed by atoms with Gasteiger partial charge in [0.1, 0.15) is 6.04 Å². The topological polar surface area (TPSA) is 49.4 Å². The molecule has 1 N–H and O–H groups in total. The van der Waals surface area contributed by atoms with Crippen molar-refractivity contribution in [3.05, 3.63) is 0 Å². The molecule has 1 heterocycles. The second kappa shape index (κ2) is 6.13. The molecule has 0 aromatic carbocycles. The zero-order valence-corrected chi connectivity index (χ0v) is 11.0. The third kappa shape index (κ3) is 3.14. The van der Waals surface area contributed by atoms with Crippen molar-refractivity contribution in [2.24, 2.45) is 0 Å². The largest absolute Gasteiger partial charge is 0.345 e. The number of hydrogen-bond donors (Lipinski definition) is 1. The van der Waals surface area contributed by atoms with Gasteiger partial charge in [0.25, 0.3) is 0 Å². The van der Waals surface area contributed by atoms with E-state index in [-0.39, 0.29) is 24.4 Å². The van der Waals surface area contributed by atoms with Gasteiger partial charge in [0, 0.05) is 11.8 Å². The molecule has 1 saturated heterocycles. The lowest BCUT2D eigenvalue weighted by atomic mass is 10.1. The molecule has 0 spiro atoms. The third-order valence-corrected chi connectivity index (χ3v) is 4.02. The molecule has 4 nitrogen and oxygen atoms in total. The van der Waals surface area contributed by atoms with Gasteiger partial charge in [0.15, 0.2) is 0 Å². The number of amides is 2. The summed E-state index contributed by atoms with van der Waals surface area (Å²) in [5.41, 5.74) is 0. The maximum absolute atomic E-state index is 11.7. The molecule has 0 aromatic heterocycles. The third-order valence-electron chi connectivity index (χ3n) is 2.98. The predicted octanol–water partition coefficient (Wildman–Crippen LogP) is 0.865. The van der Waals surface area contributed by atoms with E-state index in [0.29, 0.717) is 18.2 Å². The Balaban J connectivity index is 2.58. The van der Waals surface area contributed by atoms with E-state index in [9.17, 15) is 9.59 Å². The summed E-state index contributed by atoms with van der Waals surface area (Å²) in [6.07, 6.45) is 3.69. The molecule has 0 aromatic rings. The molecule has 1 aliphatic rings. The summed E-state index contributed by atoms with van der Waals surface area (Å²) in [6.45, 7) is 4.92. The van der Waals surface area contributed by atoms with Crippen LogP contribution in [0.5, 0.6) is 0 Å². The zero-order valence-electron chi connectivity index (χ0n) is 10.2. The zero-order chi connectivity index (χ0) is 12.1. The van der Waals surface area contributed by atoms with Gasteiger partial charge in [-0.05, 0) is 19.1 Å². The molecule has 0 aliphatic carbocycles. The fourth-order valence-corrected chi connectivity index (χ4v) is 2.16. The van der Waals surface area contributed by atoms with Crippen LogP contribution in [0, 0.1) is 0 Å². The number of piperazine rings is 1. The van der Waals surface area contributed by atoms with E-state index < -0.39 is 0 Å². The van der Waals surface area contributed by atoms with Crippen molar-refractivity contribution in [1.82, 2.24) is 10.2 Å². The van der Waals surface area contributed by atoms with E-state index in [2.05, 4.69) is 18.5 Å². The lowest BCUT2D eigenvalue weighted by molar-refractivity contribution is -0.145. The Labute approximate surface area is 101 Å². The summed E-state index contributed by atoms with van der Waals surface area (Å²) < 4.78 is 0. The van der Waals surface area contributed by atoms with Crippen LogP contribution >= 0.6 is 11.8 Å². The lowest BCUT2D eigenvalue weighted by Gasteiger charge is -2.34. The van der Waals surface area contributed by atoms with Gasteiger partial charge < -0.3 is 10.2 Å². The first-order valence-corrected chi connectivity index (χ1v) is 6.98. The molecule has 0 bridgehead atoms. The van der Waals surface area contributed by atoms with Gasteiger partial charge in [-0.25, -0.2) is 0 Å². The van der Waals surface area contributed by atoms with E-state index in [1.54, 1.807) is 16.7 Å². The summed E-state index contributed by atoms with van der Waals surface area (Å²) >= 11 is 1.79. The van der Waals surface area contributed by atoms with Crippen LogP contribution in [0.25, 0.3) is 0 Å². The minimum atomic E-state index is -0.268. The average molecular weight is 244 g/mol. The Morgan fingerprint density at radius 2 is 2.25 bits per heavy atom. The van der Waals surface area contributed by atoms with Gasteiger partial charge in [-0.15, -0.1) is 0 Å². The number of rotatable bonds is 5. The molecule has 1 aliphatic heterocycles. The van der Waals surface area contributed by atoms with Gasteiger partial charge in [0.2, 0.25) is 11.8 Å². The van der Waals surface area contributed by atoms with E-state index >= 15 is 0 Å². The maximum Gasteiger partial charge on any atom is 0.243 e. The predicted molar refractivity (Wildman–Crippen MR) is 66.4 cm³/mol. The molecule has 0 radical (unpaired) electrons. The van der Waals surface area contributed by atoms with Gasteiger partial charge in [-0.3, -0.25) is 9.59 Å². The van der Waals surface area contributed by atoms with Crippen molar-refractivity contribution in [1.29, 1.82) is 0 Å². The maximum atomic E-state index is 11.7. The molecule has 1 fully saturated rings. The highest BCUT2D eigenvalue weighted by atomic mass is 32.2. The van der Waals surface area contributed by atoms with Crippen LogP contribution in [0.1, 0.15) is 26.7 Å². The van der Waals surface area contributed by atoms with Crippen LogP contribution in [-0.2, 0) is 9.59 Å². The van der Waals surface area contributed by atoms with Crippen LogP contribution in [0.2, 0.25) is 0 Å². The van der Waals surface area contributed by atoms with Crippen molar-refractivity contribution in [2.75, 3.05) is 19.3 Å². The molecular weight excluding hydrogens is 224 g/mol. The van der Waals surface area contributed by atoms with Crippen molar-refractivity contribution in [3.8, 4) is 0 Å². The number of hydrogen-bond acceptors (Lipinski definition) is 3. The van der Waals surface area contributed by atoms with Crippen molar-refractivity contribution >= 4 is 23.6 Å². The first kappa shape index (κ1) is 13.4. The number of carbonyl (C=O) groups excluding carboxylic acids is 2. The fourth-order valence-electron chi connectivity index (χ4n) is 1.82. The quantitative estimate of drug-likeness (QED) is 0.780. The standard InChI is InChI=1S/C11H20N2O2S/c1-4-9-11(15)12-7-10(14)13(9)6-5-8(2)16-3/h8-9H,4-7H2,1-3H3,(H,12,15). The number of thioether (sulfide) groups is 1. The smallest absolute Gasteiger partial charge is 0.243 e. The molecule has 0 saturated carbocycles. The minimum Gasteiger partial charge on any atom is -0.345 e. The van der Waals surface area contributed by atoms with Crippen LogP contribution < -0.4 is 5.32 Å². The summed E-state index contributed by atoms with van der Waals surface area (Å²) in [6, 6.07) is -0.268. The van der Waals surface area contributed by atoms with Crippen molar-refractivity contribution in [3.63, 3.8) is 0 Å². The van der Waals surface area contributed by atoms with E-state index in [1.165, 1.54) is 0 Å². The average Bonchev–Trinajstić information content (AvgIpc) is 2.29. The van der Waals surface area contributed by atoms with Crippen LogP contribution in [0.15, 0.2) is 0 Å². The van der Waals surface area contributed by atoms with Crippen molar-refractivity contribution < 1.29 is 9.59 Å². The van der Waals surface area contributed by atoms with E-state index in [4.69, 9.17) is 0 Å². The van der Waals surface area contributed by atoms with Gasteiger partial charge in [-0.2, -0.15) is 11.8 Å². The highest BCUT2D eigenvalue weighted by molar-refractivity contribution is 7.99. The Hall–Kier alpha value is -0.710. The first-order chi connectivity index (χ1) is 7.60. The molecule has 2 unspecified atom stereocenters. The number of carbonyl (C=O) groups is 2. The van der Waals surface area contributed by atoms with Crippen LogP contribution in [-0.4, -0.2) is 47.4 Å². The molecular formula is C11H20N2O2S. The number of nitrogens with one attached hydrogen (secondary N) is 1. The highest BCUT2D eigenvalue weighted by Crippen LogP contribution is 2.15. The van der Waals surface area contributed by atoms with Crippen LogP contribution in [0.4, 0.5) is 0 Å². The number of nitrogens with zero attached hydrogens (tertiary/aromatic N) is 1. The van der Waals surface area contributed by atoms with Gasteiger partial charge >= 0.3 is 0 Å². The van der Waals surface area contributed by atoms with E-state index in [1.807, 2.05) is 6.92 Å². The summed E-state index contributed by atoms with van der Waals surface area (Å²) in [4.78, 5) is 25.0. The molecule has 5 heteroatoms. The molecule has 92 valence electrons. The van der Waals surface area contributed by atoms with Crippen molar-refractivity contribution in [2.45, 2.75) is 38.0 Å². The monoisotopic (exact) mass is 244 g/mol. The molecule has 2 atom stereocenters. The second-order valence-corrected chi connectivity index (χ2v) is 5.34. The normalized spacial score (nSPS) is 23.2. The molecule has 2 amide bonds. The lowest BCUT2D eigenvalue weighted by Crippen LogP contribution is -2.58. The SMILES string of the molecule is CCC1C(=O)NCC(=O)N1CCC(C)SC. The minimum absolute atomic E-state index is 0.0149. The molecule has 1 rings (SSSR count). The Kier molecular flexibility index (Phi) is 5.12. The highest BCUT2D eigenvalue weighted by Gasteiger charge is 2.32. The Morgan fingerprint density at radius 3 is 2.81 bits per heavy atom. The van der Waals surface area contributed by atoms with Gasteiger partial charge in [-0.1, -0.05) is 13.8 Å². The fraction of sp³-hybridized carbons (Fsp3) is 0.818. The summed E-state index contributed by atoms with van der Waals surface area (Å²) in [7, 11) is 0. The Bertz CT molecular complexity index is 271. The van der Waals surface area contributed by atoms with Gasteiger partial charge in [0.05, 0.1) is 6.54 Å². The molecule has 16 heavy (non-hydrogen) atoms. The summed E-state index contributed by atoms with van der Waals surface area (Å²) in [5, 5.41) is 3.15.